The van der Waals surface area contributed by atoms with Crippen LogP contribution in [0.3, 0.4) is 0 Å². The summed E-state index contributed by atoms with van der Waals surface area (Å²) in [6.45, 7) is 6.02. The topological polar surface area (TPSA) is 75.7 Å². The second-order valence-corrected chi connectivity index (χ2v) is 10.3. The molecule has 180 valence electrons. The number of ether oxygens (including phenoxy) is 1. The average Bonchev–Trinajstić information content (AvgIpc) is 2.81. The van der Waals surface area contributed by atoms with E-state index in [4.69, 9.17) is 4.74 Å². The number of para-hydroxylation sites is 1. The molecule has 0 aliphatic heterocycles. The molecule has 0 fully saturated rings. The highest BCUT2D eigenvalue weighted by Gasteiger charge is 2.22. The summed E-state index contributed by atoms with van der Waals surface area (Å²) in [6, 6.07) is 20.3. The van der Waals surface area contributed by atoms with Gasteiger partial charge in [-0.05, 0) is 66.8 Å². The third-order valence-electron chi connectivity index (χ3n) is 5.86. The van der Waals surface area contributed by atoms with E-state index in [1.165, 1.54) is 10.6 Å². The summed E-state index contributed by atoms with van der Waals surface area (Å²) in [5.74, 6) is 0.591. The van der Waals surface area contributed by atoms with Gasteiger partial charge in [0.25, 0.3) is 5.91 Å². The lowest BCUT2D eigenvalue weighted by molar-refractivity contribution is 0.0935. The van der Waals surface area contributed by atoms with E-state index in [-0.39, 0.29) is 18.5 Å². The third kappa shape index (κ3) is 5.97. The lowest BCUT2D eigenvalue weighted by Crippen LogP contribution is -2.31. The standard InChI is InChI=1S/C27H32N2O4S/c1-6-25(22-14-16-24(33-4)17-15-22)28-27(30)23-12-10-21(11-13-23)18-29(34(5,31)32)26-19(2)8-7-9-20(26)3/h7-17,25H,6,18H2,1-5H3,(H,28,30)/t25-/m1/s1. The first kappa shape index (κ1) is 25.3. The molecular formula is C27H32N2O4S. The molecule has 0 bridgehead atoms. The predicted octanol–water partition coefficient (Wildman–Crippen LogP) is 5.16. The molecule has 0 aliphatic rings. The van der Waals surface area contributed by atoms with Crippen LogP contribution in [0.5, 0.6) is 5.75 Å². The maximum Gasteiger partial charge on any atom is 0.251 e. The van der Waals surface area contributed by atoms with Gasteiger partial charge in [-0.15, -0.1) is 0 Å². The van der Waals surface area contributed by atoms with E-state index in [2.05, 4.69) is 5.32 Å². The second-order valence-electron chi connectivity index (χ2n) is 8.41. The van der Waals surface area contributed by atoms with Gasteiger partial charge in [0.1, 0.15) is 5.75 Å². The number of nitrogens with one attached hydrogen (secondary N) is 1. The van der Waals surface area contributed by atoms with E-state index in [0.29, 0.717) is 11.3 Å². The van der Waals surface area contributed by atoms with Crippen LogP contribution in [0, 0.1) is 13.8 Å². The normalized spacial score (nSPS) is 12.1. The minimum atomic E-state index is -3.50. The highest BCUT2D eigenvalue weighted by molar-refractivity contribution is 7.92. The van der Waals surface area contributed by atoms with E-state index >= 15 is 0 Å². The van der Waals surface area contributed by atoms with E-state index in [1.54, 1.807) is 31.4 Å². The van der Waals surface area contributed by atoms with Gasteiger partial charge in [-0.2, -0.15) is 0 Å². The molecule has 1 atom stereocenters. The molecule has 0 aliphatic carbocycles. The fourth-order valence-electron chi connectivity index (χ4n) is 3.99. The molecule has 6 nitrogen and oxygen atoms in total. The zero-order valence-electron chi connectivity index (χ0n) is 20.3. The molecular weight excluding hydrogens is 448 g/mol. The van der Waals surface area contributed by atoms with E-state index in [9.17, 15) is 13.2 Å². The highest BCUT2D eigenvalue weighted by atomic mass is 32.2. The summed E-state index contributed by atoms with van der Waals surface area (Å²) >= 11 is 0. The van der Waals surface area contributed by atoms with Gasteiger partial charge in [-0.25, -0.2) is 8.42 Å². The zero-order valence-corrected chi connectivity index (χ0v) is 21.1. The number of amides is 1. The summed E-state index contributed by atoms with van der Waals surface area (Å²) in [4.78, 5) is 12.9. The van der Waals surface area contributed by atoms with Crippen molar-refractivity contribution in [2.45, 2.75) is 39.8 Å². The van der Waals surface area contributed by atoms with Crippen molar-refractivity contribution in [3.05, 3.63) is 94.5 Å². The SMILES string of the molecule is CC[C@@H](NC(=O)c1ccc(CN(c2c(C)cccc2C)S(C)(=O)=O)cc1)c1ccc(OC)cc1. The van der Waals surface area contributed by atoms with E-state index in [1.807, 2.05) is 63.2 Å². The Morgan fingerprint density at radius 2 is 1.56 bits per heavy atom. The predicted molar refractivity (Wildman–Crippen MR) is 137 cm³/mol. The number of hydrogen-bond donors (Lipinski definition) is 1. The van der Waals surface area contributed by atoms with Crippen LogP contribution in [-0.2, 0) is 16.6 Å². The Kier molecular flexibility index (Phi) is 7.99. The van der Waals surface area contributed by atoms with Gasteiger partial charge < -0.3 is 10.1 Å². The third-order valence-corrected chi connectivity index (χ3v) is 6.98. The molecule has 0 saturated heterocycles. The Morgan fingerprint density at radius 1 is 0.971 bits per heavy atom. The van der Waals surface area contributed by atoms with Crippen molar-refractivity contribution in [3.63, 3.8) is 0 Å². The van der Waals surface area contributed by atoms with Crippen molar-refractivity contribution in [2.24, 2.45) is 0 Å². The summed E-state index contributed by atoms with van der Waals surface area (Å²) in [5, 5.41) is 3.08. The van der Waals surface area contributed by atoms with Crippen molar-refractivity contribution >= 4 is 21.6 Å². The van der Waals surface area contributed by atoms with Crippen LogP contribution in [0.4, 0.5) is 5.69 Å². The average molecular weight is 481 g/mol. The minimum absolute atomic E-state index is 0.122. The van der Waals surface area contributed by atoms with Crippen LogP contribution < -0.4 is 14.4 Å². The van der Waals surface area contributed by atoms with Crippen molar-refractivity contribution in [1.29, 1.82) is 0 Å². The van der Waals surface area contributed by atoms with Gasteiger partial charge >= 0.3 is 0 Å². The van der Waals surface area contributed by atoms with E-state index < -0.39 is 10.0 Å². The van der Waals surface area contributed by atoms with Crippen LogP contribution in [0.15, 0.2) is 66.7 Å². The number of sulfonamides is 1. The number of rotatable bonds is 9. The molecule has 1 amide bonds. The molecule has 0 saturated carbocycles. The molecule has 0 unspecified atom stereocenters. The number of benzene rings is 3. The first-order chi connectivity index (χ1) is 16.1. The van der Waals surface area contributed by atoms with Gasteiger partial charge in [0.2, 0.25) is 10.0 Å². The van der Waals surface area contributed by atoms with Gasteiger partial charge in [-0.1, -0.05) is 49.4 Å². The largest absolute Gasteiger partial charge is 0.497 e. The Balaban J connectivity index is 1.77. The van der Waals surface area contributed by atoms with Crippen LogP contribution >= 0.6 is 0 Å². The maximum absolute atomic E-state index is 12.9. The monoisotopic (exact) mass is 480 g/mol. The van der Waals surface area contributed by atoms with Crippen molar-refractivity contribution < 1.29 is 17.9 Å². The van der Waals surface area contributed by atoms with Gasteiger partial charge in [-0.3, -0.25) is 9.10 Å². The van der Waals surface area contributed by atoms with Crippen LogP contribution in [0.2, 0.25) is 0 Å². The molecule has 0 aromatic heterocycles. The molecule has 0 radical (unpaired) electrons. The number of methoxy groups -OCH3 is 1. The maximum atomic E-state index is 12.9. The number of hydrogen-bond acceptors (Lipinski definition) is 4. The van der Waals surface area contributed by atoms with Gasteiger partial charge in [0.15, 0.2) is 0 Å². The van der Waals surface area contributed by atoms with Crippen molar-refractivity contribution in [1.82, 2.24) is 5.32 Å². The molecule has 0 heterocycles. The second kappa shape index (κ2) is 10.7. The molecule has 0 spiro atoms. The zero-order chi connectivity index (χ0) is 24.9. The Labute approximate surface area is 202 Å². The molecule has 34 heavy (non-hydrogen) atoms. The van der Waals surface area contributed by atoms with E-state index in [0.717, 1.165) is 34.4 Å². The first-order valence-electron chi connectivity index (χ1n) is 11.2. The molecule has 1 N–H and O–H groups in total. The minimum Gasteiger partial charge on any atom is -0.497 e. The summed E-state index contributed by atoms with van der Waals surface area (Å²) in [5.41, 5.74) is 4.81. The lowest BCUT2D eigenvalue weighted by Gasteiger charge is -2.26. The Hall–Kier alpha value is -3.32. The number of anilines is 1. The highest BCUT2D eigenvalue weighted by Crippen LogP contribution is 2.28. The van der Waals surface area contributed by atoms with Crippen LogP contribution in [-0.4, -0.2) is 27.7 Å². The summed E-state index contributed by atoms with van der Waals surface area (Å²) < 4.78 is 31.8. The lowest BCUT2D eigenvalue weighted by atomic mass is 10.0. The fraction of sp³-hybridized carbons (Fsp3) is 0.296. The molecule has 3 aromatic carbocycles. The van der Waals surface area contributed by atoms with Crippen LogP contribution in [0.25, 0.3) is 0 Å². The summed E-state index contributed by atoms with van der Waals surface area (Å²) in [7, 11) is -1.88. The summed E-state index contributed by atoms with van der Waals surface area (Å²) in [6.07, 6.45) is 1.96. The Bertz CT molecular complexity index is 1220. The number of nitrogens with zero attached hydrogens (tertiary/aromatic N) is 1. The van der Waals surface area contributed by atoms with Crippen molar-refractivity contribution in [3.8, 4) is 5.75 Å². The van der Waals surface area contributed by atoms with Gasteiger partial charge in [0, 0.05) is 5.56 Å². The quantitative estimate of drug-likeness (QED) is 0.459. The smallest absolute Gasteiger partial charge is 0.251 e. The molecule has 3 aromatic rings. The number of carbonyl (C=O) groups excluding carboxylic acids is 1. The molecule has 3 rings (SSSR count). The Morgan fingerprint density at radius 3 is 2.06 bits per heavy atom. The number of aryl methyl sites for hydroxylation is 2. The number of carbonyl (C=O) groups is 1. The fourth-order valence-corrected chi connectivity index (χ4v) is 4.99. The van der Waals surface area contributed by atoms with Crippen LogP contribution in [0.1, 0.15) is 52.0 Å². The first-order valence-corrected chi connectivity index (χ1v) is 13.1. The van der Waals surface area contributed by atoms with Gasteiger partial charge in [0.05, 0.1) is 31.6 Å². The van der Waals surface area contributed by atoms with Crippen molar-refractivity contribution in [2.75, 3.05) is 17.7 Å². The molecule has 7 heteroatoms.